The topological polar surface area (TPSA) is 67.9 Å². The number of rotatable bonds is 6. The number of amides is 2. The molecule has 3 rings (SSSR count). The Bertz CT molecular complexity index is 911. The Morgan fingerprint density at radius 1 is 1.04 bits per heavy atom. The minimum atomic E-state index is -0.452. The molecular formula is C20H19BrN2O4. The van der Waals surface area contributed by atoms with Crippen LogP contribution in [0.1, 0.15) is 19.4 Å². The molecule has 0 aliphatic carbocycles. The van der Waals surface area contributed by atoms with E-state index >= 15 is 0 Å². The largest absolute Gasteiger partial charge is 0.490 e. The molecule has 0 spiro atoms. The van der Waals surface area contributed by atoms with Crippen LogP contribution in [-0.4, -0.2) is 25.0 Å². The number of ether oxygens (including phenoxy) is 2. The van der Waals surface area contributed by atoms with E-state index in [4.69, 9.17) is 9.47 Å². The molecule has 0 aromatic heterocycles. The number of halogens is 1. The lowest BCUT2D eigenvalue weighted by molar-refractivity contribution is -0.117. The summed E-state index contributed by atoms with van der Waals surface area (Å²) in [7, 11) is 0. The van der Waals surface area contributed by atoms with E-state index in [1.807, 2.05) is 19.9 Å². The Morgan fingerprint density at radius 2 is 1.78 bits per heavy atom. The number of hydrogen-bond acceptors (Lipinski definition) is 4. The van der Waals surface area contributed by atoms with E-state index in [1.165, 1.54) is 5.01 Å². The summed E-state index contributed by atoms with van der Waals surface area (Å²) in [6, 6.07) is 12.4. The van der Waals surface area contributed by atoms with Gasteiger partial charge >= 0.3 is 0 Å². The molecule has 1 fully saturated rings. The molecule has 1 heterocycles. The van der Waals surface area contributed by atoms with E-state index in [-0.39, 0.29) is 5.57 Å². The SMILES string of the molecule is CCOc1ccc(/C=C2\C(=O)NN(c3cccc(Br)c3)C2=O)cc1OCC. The Kier molecular flexibility index (Phi) is 5.81. The molecule has 1 aliphatic rings. The van der Waals surface area contributed by atoms with Crippen molar-refractivity contribution >= 4 is 39.5 Å². The van der Waals surface area contributed by atoms with Gasteiger partial charge in [-0.3, -0.25) is 15.0 Å². The second-order valence-corrected chi connectivity index (χ2v) is 6.61. The van der Waals surface area contributed by atoms with E-state index in [1.54, 1.807) is 42.5 Å². The van der Waals surface area contributed by atoms with Crippen LogP contribution in [0, 0.1) is 0 Å². The van der Waals surface area contributed by atoms with Crippen molar-refractivity contribution in [3.63, 3.8) is 0 Å². The van der Waals surface area contributed by atoms with Gasteiger partial charge in [0.1, 0.15) is 5.57 Å². The maximum Gasteiger partial charge on any atom is 0.282 e. The van der Waals surface area contributed by atoms with Gasteiger partial charge in [0.25, 0.3) is 11.8 Å². The first-order valence-corrected chi connectivity index (χ1v) is 9.35. The minimum absolute atomic E-state index is 0.0570. The van der Waals surface area contributed by atoms with Crippen molar-refractivity contribution < 1.29 is 19.1 Å². The number of nitrogens with one attached hydrogen (secondary N) is 1. The number of nitrogens with zero attached hydrogens (tertiary/aromatic N) is 1. The Labute approximate surface area is 165 Å². The van der Waals surface area contributed by atoms with Gasteiger partial charge in [-0.25, -0.2) is 5.01 Å². The predicted molar refractivity (Wildman–Crippen MR) is 107 cm³/mol. The van der Waals surface area contributed by atoms with E-state index in [0.717, 1.165) is 4.47 Å². The highest BCUT2D eigenvalue weighted by Gasteiger charge is 2.34. The lowest BCUT2D eigenvalue weighted by Crippen LogP contribution is -2.35. The Morgan fingerprint density at radius 3 is 2.48 bits per heavy atom. The number of anilines is 1. The third kappa shape index (κ3) is 4.14. The first-order chi connectivity index (χ1) is 13.0. The predicted octanol–water partition coefficient (Wildman–Crippen LogP) is 3.71. The summed E-state index contributed by atoms with van der Waals surface area (Å²) in [5.41, 5.74) is 3.90. The lowest BCUT2D eigenvalue weighted by atomic mass is 10.1. The molecule has 1 N–H and O–H groups in total. The normalized spacial score (nSPS) is 15.2. The van der Waals surface area contributed by atoms with Crippen molar-refractivity contribution in [3.05, 3.63) is 58.1 Å². The van der Waals surface area contributed by atoms with Crippen molar-refractivity contribution in [2.45, 2.75) is 13.8 Å². The van der Waals surface area contributed by atoms with Gasteiger partial charge in [-0.1, -0.05) is 28.1 Å². The fraction of sp³-hybridized carbons (Fsp3) is 0.200. The van der Waals surface area contributed by atoms with E-state index < -0.39 is 11.8 Å². The fourth-order valence-corrected chi connectivity index (χ4v) is 3.07. The monoisotopic (exact) mass is 430 g/mol. The van der Waals surface area contributed by atoms with Crippen LogP contribution in [0.2, 0.25) is 0 Å². The maximum absolute atomic E-state index is 12.7. The van der Waals surface area contributed by atoms with Crippen LogP contribution >= 0.6 is 15.9 Å². The summed E-state index contributed by atoms with van der Waals surface area (Å²) < 4.78 is 11.9. The van der Waals surface area contributed by atoms with Crippen LogP contribution < -0.4 is 19.9 Å². The van der Waals surface area contributed by atoms with Crippen molar-refractivity contribution in [3.8, 4) is 11.5 Å². The summed E-state index contributed by atoms with van der Waals surface area (Å²) in [5.74, 6) is 0.333. The second kappa shape index (κ2) is 8.26. The van der Waals surface area contributed by atoms with Crippen molar-refractivity contribution in [2.75, 3.05) is 18.2 Å². The first kappa shape index (κ1) is 19.0. The Balaban J connectivity index is 1.91. The fourth-order valence-electron chi connectivity index (χ4n) is 2.68. The van der Waals surface area contributed by atoms with E-state index in [0.29, 0.717) is 36.0 Å². The molecule has 2 aromatic rings. The minimum Gasteiger partial charge on any atom is -0.490 e. The van der Waals surface area contributed by atoms with Gasteiger partial charge in [-0.05, 0) is 55.8 Å². The first-order valence-electron chi connectivity index (χ1n) is 8.55. The van der Waals surface area contributed by atoms with Crippen molar-refractivity contribution in [1.29, 1.82) is 0 Å². The van der Waals surface area contributed by atoms with Gasteiger partial charge < -0.3 is 9.47 Å². The van der Waals surface area contributed by atoms with Gasteiger partial charge in [-0.15, -0.1) is 0 Å². The maximum atomic E-state index is 12.7. The standard InChI is InChI=1S/C20H19BrN2O4/c1-3-26-17-9-8-13(11-18(17)27-4-2)10-16-19(24)22-23(20(16)25)15-7-5-6-14(21)12-15/h5-12H,3-4H2,1-2H3,(H,22,24)/b16-10+. The van der Waals surface area contributed by atoms with Gasteiger partial charge in [0.15, 0.2) is 11.5 Å². The van der Waals surface area contributed by atoms with Crippen molar-refractivity contribution in [1.82, 2.24) is 5.43 Å². The van der Waals surface area contributed by atoms with Gasteiger partial charge in [-0.2, -0.15) is 0 Å². The average molecular weight is 431 g/mol. The molecule has 6 nitrogen and oxygen atoms in total. The van der Waals surface area contributed by atoms with E-state index in [9.17, 15) is 9.59 Å². The summed E-state index contributed by atoms with van der Waals surface area (Å²) in [6.45, 7) is 4.77. The van der Waals surface area contributed by atoms with Gasteiger partial charge in [0, 0.05) is 4.47 Å². The van der Waals surface area contributed by atoms with Crippen LogP contribution in [0.25, 0.3) is 6.08 Å². The highest BCUT2D eigenvalue weighted by atomic mass is 79.9. The van der Waals surface area contributed by atoms with Gasteiger partial charge in [0.05, 0.1) is 18.9 Å². The quantitative estimate of drug-likeness (QED) is 0.560. The molecule has 0 unspecified atom stereocenters. The zero-order chi connectivity index (χ0) is 19.4. The molecule has 0 bridgehead atoms. The third-order valence-corrected chi connectivity index (χ3v) is 4.33. The molecule has 0 atom stereocenters. The number of carbonyl (C=O) groups excluding carboxylic acids is 2. The Hall–Kier alpha value is -2.80. The average Bonchev–Trinajstić information content (AvgIpc) is 2.92. The molecule has 7 heteroatoms. The second-order valence-electron chi connectivity index (χ2n) is 5.69. The van der Waals surface area contributed by atoms with Gasteiger partial charge in [0.2, 0.25) is 0 Å². The van der Waals surface area contributed by atoms with Crippen molar-refractivity contribution in [2.24, 2.45) is 0 Å². The summed E-state index contributed by atoms with van der Waals surface area (Å²) in [5, 5.41) is 1.23. The van der Waals surface area contributed by atoms with Crippen LogP contribution in [0.15, 0.2) is 52.5 Å². The summed E-state index contributed by atoms with van der Waals surface area (Å²) >= 11 is 3.36. The van der Waals surface area contributed by atoms with E-state index in [2.05, 4.69) is 21.4 Å². The number of hydrogen-bond donors (Lipinski definition) is 1. The van der Waals surface area contributed by atoms with Crippen LogP contribution in [0.3, 0.4) is 0 Å². The van der Waals surface area contributed by atoms with Crippen LogP contribution in [0.5, 0.6) is 11.5 Å². The lowest BCUT2D eigenvalue weighted by Gasteiger charge is -2.14. The molecular weight excluding hydrogens is 412 g/mol. The zero-order valence-electron chi connectivity index (χ0n) is 15.0. The van der Waals surface area contributed by atoms with Crippen LogP contribution in [0.4, 0.5) is 5.69 Å². The molecule has 2 aromatic carbocycles. The molecule has 0 saturated carbocycles. The number of carbonyl (C=O) groups is 2. The number of benzene rings is 2. The third-order valence-electron chi connectivity index (χ3n) is 3.84. The van der Waals surface area contributed by atoms with Crippen LogP contribution in [-0.2, 0) is 9.59 Å². The summed E-state index contributed by atoms with van der Waals surface area (Å²) in [6.07, 6.45) is 1.55. The highest BCUT2D eigenvalue weighted by Crippen LogP contribution is 2.30. The molecule has 1 saturated heterocycles. The zero-order valence-corrected chi connectivity index (χ0v) is 16.6. The molecule has 27 heavy (non-hydrogen) atoms. The summed E-state index contributed by atoms with van der Waals surface area (Å²) in [4.78, 5) is 25.0. The molecule has 0 radical (unpaired) electrons. The number of hydrazine groups is 1. The highest BCUT2D eigenvalue weighted by molar-refractivity contribution is 9.10. The molecule has 1 aliphatic heterocycles. The smallest absolute Gasteiger partial charge is 0.282 e. The molecule has 2 amide bonds. The molecule has 140 valence electrons.